The summed E-state index contributed by atoms with van der Waals surface area (Å²) in [5.41, 5.74) is 6.20. The van der Waals surface area contributed by atoms with Crippen molar-refractivity contribution in [1.82, 2.24) is 10.1 Å². The predicted molar refractivity (Wildman–Crippen MR) is 63.8 cm³/mol. The SMILES string of the molecule is NC(CO)c1noc(-c2ccc(Cl)c(Cl)c2)n1. The van der Waals surface area contributed by atoms with Gasteiger partial charge in [0.15, 0.2) is 5.82 Å². The Bertz CT molecular complexity index is 530. The molecule has 0 spiro atoms. The molecule has 0 amide bonds. The highest BCUT2D eigenvalue weighted by molar-refractivity contribution is 6.42. The van der Waals surface area contributed by atoms with Crippen molar-refractivity contribution in [3.63, 3.8) is 0 Å². The van der Waals surface area contributed by atoms with Gasteiger partial charge in [0.05, 0.1) is 22.7 Å². The summed E-state index contributed by atoms with van der Waals surface area (Å²) in [4.78, 5) is 4.06. The molecule has 7 heteroatoms. The molecule has 2 aromatic rings. The van der Waals surface area contributed by atoms with Crippen molar-refractivity contribution in [1.29, 1.82) is 0 Å². The number of nitrogens with two attached hydrogens (primary N) is 1. The zero-order chi connectivity index (χ0) is 12.4. The number of hydrogen-bond acceptors (Lipinski definition) is 5. The van der Waals surface area contributed by atoms with Crippen LogP contribution < -0.4 is 5.73 Å². The molecule has 2 rings (SSSR count). The highest BCUT2D eigenvalue weighted by atomic mass is 35.5. The predicted octanol–water partition coefficient (Wildman–Crippen LogP) is 2.04. The average molecular weight is 274 g/mol. The number of aliphatic hydroxyl groups is 1. The molecular formula is C10H9Cl2N3O2. The topological polar surface area (TPSA) is 85.2 Å². The van der Waals surface area contributed by atoms with Gasteiger partial charge in [0.25, 0.3) is 5.89 Å². The second kappa shape index (κ2) is 5.01. The van der Waals surface area contributed by atoms with Crippen LogP contribution in [0.4, 0.5) is 0 Å². The minimum atomic E-state index is -0.657. The van der Waals surface area contributed by atoms with Crippen LogP contribution in [-0.2, 0) is 0 Å². The van der Waals surface area contributed by atoms with E-state index in [1.54, 1.807) is 18.2 Å². The maximum atomic E-state index is 8.86. The summed E-state index contributed by atoms with van der Waals surface area (Å²) in [6.45, 7) is -0.250. The Hall–Kier alpha value is -1.14. The number of aliphatic hydroxyl groups excluding tert-OH is 1. The quantitative estimate of drug-likeness (QED) is 0.894. The van der Waals surface area contributed by atoms with Gasteiger partial charge >= 0.3 is 0 Å². The molecule has 1 aromatic heterocycles. The van der Waals surface area contributed by atoms with Gasteiger partial charge in [-0.05, 0) is 18.2 Å². The van der Waals surface area contributed by atoms with Crippen LogP contribution >= 0.6 is 23.2 Å². The van der Waals surface area contributed by atoms with E-state index < -0.39 is 6.04 Å². The third kappa shape index (κ3) is 2.58. The van der Waals surface area contributed by atoms with Crippen molar-refractivity contribution in [2.45, 2.75) is 6.04 Å². The highest BCUT2D eigenvalue weighted by Crippen LogP contribution is 2.27. The number of benzene rings is 1. The molecule has 0 aliphatic rings. The minimum Gasteiger partial charge on any atom is -0.394 e. The molecule has 0 aliphatic carbocycles. The first kappa shape index (κ1) is 12.3. The smallest absolute Gasteiger partial charge is 0.258 e. The zero-order valence-corrected chi connectivity index (χ0v) is 10.1. The fraction of sp³-hybridized carbons (Fsp3) is 0.200. The molecule has 0 saturated heterocycles. The second-order valence-corrected chi connectivity index (χ2v) is 4.19. The van der Waals surface area contributed by atoms with Crippen LogP contribution in [0.3, 0.4) is 0 Å². The van der Waals surface area contributed by atoms with E-state index in [9.17, 15) is 0 Å². The van der Waals surface area contributed by atoms with E-state index in [0.717, 1.165) is 0 Å². The number of aromatic nitrogens is 2. The van der Waals surface area contributed by atoms with Crippen molar-refractivity contribution in [3.8, 4) is 11.5 Å². The Morgan fingerprint density at radius 2 is 2.12 bits per heavy atom. The van der Waals surface area contributed by atoms with Crippen LogP contribution in [0.25, 0.3) is 11.5 Å². The molecule has 0 fully saturated rings. The van der Waals surface area contributed by atoms with Gasteiger partial charge < -0.3 is 15.4 Å². The number of nitrogens with zero attached hydrogens (tertiary/aromatic N) is 2. The first-order valence-electron chi connectivity index (χ1n) is 4.77. The van der Waals surface area contributed by atoms with E-state index in [-0.39, 0.29) is 18.3 Å². The number of hydrogen-bond donors (Lipinski definition) is 2. The Labute approximate surface area is 107 Å². The molecule has 1 unspecified atom stereocenters. The third-order valence-corrected chi connectivity index (χ3v) is 2.88. The largest absolute Gasteiger partial charge is 0.394 e. The van der Waals surface area contributed by atoms with Crippen molar-refractivity contribution in [2.75, 3.05) is 6.61 Å². The summed E-state index contributed by atoms with van der Waals surface area (Å²) >= 11 is 11.7. The van der Waals surface area contributed by atoms with E-state index in [1.165, 1.54) is 0 Å². The third-order valence-electron chi connectivity index (χ3n) is 2.14. The summed E-state index contributed by atoms with van der Waals surface area (Å²) in [7, 11) is 0. The molecule has 5 nitrogen and oxygen atoms in total. The highest BCUT2D eigenvalue weighted by Gasteiger charge is 2.14. The van der Waals surface area contributed by atoms with Crippen LogP contribution in [0.5, 0.6) is 0 Å². The van der Waals surface area contributed by atoms with Gasteiger partial charge in [-0.1, -0.05) is 28.4 Å². The van der Waals surface area contributed by atoms with Crippen molar-refractivity contribution >= 4 is 23.2 Å². The Kier molecular flexibility index (Phi) is 3.63. The van der Waals surface area contributed by atoms with E-state index in [1.807, 2.05) is 0 Å². The first-order chi connectivity index (χ1) is 8.11. The summed E-state index contributed by atoms with van der Waals surface area (Å²) in [6.07, 6.45) is 0. The molecule has 0 aliphatic heterocycles. The van der Waals surface area contributed by atoms with Crippen LogP contribution in [0.1, 0.15) is 11.9 Å². The number of halogens is 2. The molecule has 1 atom stereocenters. The van der Waals surface area contributed by atoms with Crippen LogP contribution in [-0.4, -0.2) is 21.9 Å². The summed E-state index contributed by atoms with van der Waals surface area (Å²) in [5.74, 6) is 0.524. The summed E-state index contributed by atoms with van der Waals surface area (Å²) in [6, 6.07) is 4.30. The van der Waals surface area contributed by atoms with Crippen molar-refractivity contribution in [2.24, 2.45) is 5.73 Å². The lowest BCUT2D eigenvalue weighted by molar-refractivity contribution is 0.260. The Morgan fingerprint density at radius 1 is 1.35 bits per heavy atom. The normalized spacial score (nSPS) is 12.7. The van der Waals surface area contributed by atoms with E-state index >= 15 is 0 Å². The van der Waals surface area contributed by atoms with E-state index in [4.69, 9.17) is 38.6 Å². The molecule has 1 heterocycles. The van der Waals surface area contributed by atoms with Gasteiger partial charge in [-0.2, -0.15) is 4.98 Å². The molecule has 0 saturated carbocycles. The van der Waals surface area contributed by atoms with Gasteiger partial charge in [-0.15, -0.1) is 0 Å². The first-order valence-corrected chi connectivity index (χ1v) is 5.53. The number of rotatable bonds is 3. The molecular weight excluding hydrogens is 265 g/mol. The van der Waals surface area contributed by atoms with Crippen molar-refractivity contribution < 1.29 is 9.63 Å². The van der Waals surface area contributed by atoms with E-state index in [2.05, 4.69) is 10.1 Å². The van der Waals surface area contributed by atoms with Crippen LogP contribution in [0.15, 0.2) is 22.7 Å². The second-order valence-electron chi connectivity index (χ2n) is 3.38. The van der Waals surface area contributed by atoms with Crippen LogP contribution in [0.2, 0.25) is 10.0 Å². The molecule has 1 aromatic carbocycles. The summed E-state index contributed by atoms with van der Waals surface area (Å²) < 4.78 is 5.01. The fourth-order valence-electron chi connectivity index (χ4n) is 1.21. The lowest BCUT2D eigenvalue weighted by atomic mass is 10.2. The van der Waals surface area contributed by atoms with Gasteiger partial charge in [0.2, 0.25) is 0 Å². The molecule has 17 heavy (non-hydrogen) atoms. The lowest BCUT2D eigenvalue weighted by Crippen LogP contribution is -2.15. The maximum Gasteiger partial charge on any atom is 0.258 e. The van der Waals surface area contributed by atoms with E-state index in [0.29, 0.717) is 15.6 Å². The molecule has 0 radical (unpaired) electrons. The van der Waals surface area contributed by atoms with Crippen molar-refractivity contribution in [3.05, 3.63) is 34.1 Å². The van der Waals surface area contributed by atoms with Crippen LogP contribution in [0, 0.1) is 0 Å². The average Bonchev–Trinajstić information content (AvgIpc) is 2.81. The molecule has 3 N–H and O–H groups in total. The molecule has 90 valence electrons. The monoisotopic (exact) mass is 273 g/mol. The molecule has 0 bridgehead atoms. The fourth-order valence-corrected chi connectivity index (χ4v) is 1.51. The summed E-state index contributed by atoms with van der Waals surface area (Å²) in [5, 5.41) is 13.4. The van der Waals surface area contributed by atoms with Gasteiger partial charge in [-0.25, -0.2) is 0 Å². The zero-order valence-electron chi connectivity index (χ0n) is 8.60. The standard InChI is InChI=1S/C10H9Cl2N3O2/c11-6-2-1-5(3-7(6)12)10-14-9(15-17-10)8(13)4-16/h1-3,8,16H,4,13H2. The Morgan fingerprint density at radius 3 is 2.76 bits per heavy atom. The van der Waals surface area contributed by atoms with Gasteiger partial charge in [0, 0.05) is 5.56 Å². The maximum absolute atomic E-state index is 8.86. The minimum absolute atomic E-state index is 0.244. The Balaban J connectivity index is 2.33. The lowest BCUT2D eigenvalue weighted by Gasteiger charge is -1.99. The van der Waals surface area contributed by atoms with Gasteiger partial charge in [-0.3, -0.25) is 0 Å². The van der Waals surface area contributed by atoms with Gasteiger partial charge in [0.1, 0.15) is 0 Å².